The van der Waals surface area contributed by atoms with Crippen molar-refractivity contribution in [3.63, 3.8) is 0 Å². The highest BCUT2D eigenvalue weighted by Gasteiger charge is 2.36. The highest BCUT2D eigenvalue weighted by atomic mass is 16.3. The van der Waals surface area contributed by atoms with Gasteiger partial charge >= 0.3 is 0 Å². The fourth-order valence-corrected chi connectivity index (χ4v) is 2.11. The third-order valence-electron chi connectivity index (χ3n) is 3.36. The van der Waals surface area contributed by atoms with E-state index in [0.29, 0.717) is 32.0 Å². The summed E-state index contributed by atoms with van der Waals surface area (Å²) in [6.07, 6.45) is 1.76. The van der Waals surface area contributed by atoms with Crippen LogP contribution in [-0.2, 0) is 11.3 Å². The van der Waals surface area contributed by atoms with Crippen molar-refractivity contribution in [2.75, 3.05) is 13.1 Å². The number of furan rings is 1. The van der Waals surface area contributed by atoms with E-state index in [0.717, 1.165) is 17.4 Å². The van der Waals surface area contributed by atoms with E-state index in [4.69, 9.17) is 4.42 Å². The van der Waals surface area contributed by atoms with Gasteiger partial charge in [0.25, 0.3) is 0 Å². The first kappa shape index (κ1) is 13.1. The van der Waals surface area contributed by atoms with Gasteiger partial charge in [0.05, 0.1) is 6.54 Å². The van der Waals surface area contributed by atoms with E-state index in [1.165, 1.54) is 6.42 Å². The Morgan fingerprint density at radius 3 is 2.94 bits per heavy atom. The van der Waals surface area contributed by atoms with Crippen molar-refractivity contribution in [3.8, 4) is 0 Å². The minimum absolute atomic E-state index is 0.0944. The van der Waals surface area contributed by atoms with Gasteiger partial charge in [0.15, 0.2) is 0 Å². The summed E-state index contributed by atoms with van der Waals surface area (Å²) < 4.78 is 5.77. The summed E-state index contributed by atoms with van der Waals surface area (Å²) in [4.78, 5) is 11.2. The highest BCUT2D eigenvalue weighted by molar-refractivity contribution is 5.75. The average molecular weight is 250 g/mol. The second-order valence-corrected chi connectivity index (χ2v) is 5.00. The number of rotatable bonds is 7. The van der Waals surface area contributed by atoms with Crippen LogP contribution in [0.25, 0.3) is 0 Å². The Labute approximate surface area is 108 Å². The average Bonchev–Trinajstić information content (AvgIpc) is 2.90. The number of nitrogens with one attached hydrogen (secondary N) is 2. The molecule has 1 aliphatic carbocycles. The maximum absolute atomic E-state index is 11.2. The zero-order valence-corrected chi connectivity index (χ0v) is 11.2. The van der Waals surface area contributed by atoms with Crippen LogP contribution in [0.3, 0.4) is 0 Å². The van der Waals surface area contributed by atoms with Gasteiger partial charge in [0.1, 0.15) is 11.5 Å². The zero-order chi connectivity index (χ0) is 13.0. The standard InChI is InChI=1S/C14H22N2O2/c1-3-16-14(17)6-7-15-9-11-4-5-13(18-11)12-8-10(12)2/h4-5,10,12,15H,3,6-9H2,1-2H3,(H,16,17). The first-order valence-corrected chi connectivity index (χ1v) is 6.76. The topological polar surface area (TPSA) is 54.3 Å². The lowest BCUT2D eigenvalue weighted by Gasteiger charge is -2.03. The molecule has 1 heterocycles. The summed E-state index contributed by atoms with van der Waals surface area (Å²) in [6, 6.07) is 4.11. The minimum Gasteiger partial charge on any atom is -0.464 e. The summed E-state index contributed by atoms with van der Waals surface area (Å²) in [5.41, 5.74) is 0. The molecule has 0 bridgehead atoms. The molecule has 2 atom stereocenters. The van der Waals surface area contributed by atoms with E-state index in [1.807, 2.05) is 13.0 Å². The Morgan fingerprint density at radius 1 is 1.50 bits per heavy atom. The van der Waals surface area contributed by atoms with Gasteiger partial charge in [-0.1, -0.05) is 6.92 Å². The van der Waals surface area contributed by atoms with Crippen molar-refractivity contribution in [1.29, 1.82) is 0 Å². The first-order valence-electron chi connectivity index (χ1n) is 6.76. The van der Waals surface area contributed by atoms with Crippen LogP contribution in [0.1, 0.15) is 44.1 Å². The third kappa shape index (κ3) is 3.60. The van der Waals surface area contributed by atoms with Crippen LogP contribution < -0.4 is 10.6 Å². The van der Waals surface area contributed by atoms with E-state index in [9.17, 15) is 4.79 Å². The Hall–Kier alpha value is -1.29. The summed E-state index contributed by atoms with van der Waals surface area (Å²) in [5.74, 6) is 3.57. The molecule has 100 valence electrons. The number of amides is 1. The lowest BCUT2D eigenvalue weighted by atomic mass is 10.3. The van der Waals surface area contributed by atoms with E-state index < -0.39 is 0 Å². The molecule has 1 fully saturated rings. The van der Waals surface area contributed by atoms with Crippen LogP contribution in [0.2, 0.25) is 0 Å². The molecule has 1 saturated carbocycles. The monoisotopic (exact) mass is 250 g/mol. The van der Waals surface area contributed by atoms with Gasteiger partial charge in [-0.05, 0) is 31.4 Å². The lowest BCUT2D eigenvalue weighted by Crippen LogP contribution is -2.27. The number of carbonyl (C=O) groups is 1. The van der Waals surface area contributed by atoms with E-state index in [2.05, 4.69) is 23.6 Å². The predicted molar refractivity (Wildman–Crippen MR) is 70.2 cm³/mol. The Morgan fingerprint density at radius 2 is 2.28 bits per heavy atom. The molecule has 0 spiro atoms. The van der Waals surface area contributed by atoms with Gasteiger partial charge in [-0.15, -0.1) is 0 Å². The molecule has 2 N–H and O–H groups in total. The maximum atomic E-state index is 11.2. The molecule has 18 heavy (non-hydrogen) atoms. The molecule has 1 aliphatic rings. The smallest absolute Gasteiger partial charge is 0.221 e. The quantitative estimate of drug-likeness (QED) is 0.728. The van der Waals surface area contributed by atoms with Crippen LogP contribution in [0.15, 0.2) is 16.5 Å². The molecule has 0 saturated heterocycles. The van der Waals surface area contributed by atoms with Gasteiger partial charge in [0.2, 0.25) is 5.91 Å². The van der Waals surface area contributed by atoms with Gasteiger partial charge < -0.3 is 15.1 Å². The van der Waals surface area contributed by atoms with E-state index in [-0.39, 0.29) is 5.91 Å². The van der Waals surface area contributed by atoms with Gasteiger partial charge in [-0.2, -0.15) is 0 Å². The molecule has 1 aromatic rings. The molecule has 1 amide bonds. The summed E-state index contributed by atoms with van der Waals surface area (Å²) in [5, 5.41) is 5.99. The largest absolute Gasteiger partial charge is 0.464 e. The van der Waals surface area contributed by atoms with Crippen molar-refractivity contribution >= 4 is 5.91 Å². The fourth-order valence-electron chi connectivity index (χ4n) is 2.11. The Kier molecular flexibility index (Phi) is 4.42. The number of hydrogen-bond acceptors (Lipinski definition) is 3. The molecular weight excluding hydrogens is 228 g/mol. The molecule has 0 aromatic carbocycles. The maximum Gasteiger partial charge on any atom is 0.221 e. The van der Waals surface area contributed by atoms with Crippen molar-refractivity contribution in [1.82, 2.24) is 10.6 Å². The third-order valence-corrected chi connectivity index (χ3v) is 3.36. The van der Waals surface area contributed by atoms with E-state index >= 15 is 0 Å². The molecular formula is C14H22N2O2. The normalized spacial score (nSPS) is 21.9. The molecule has 2 rings (SSSR count). The Bertz CT molecular complexity index is 400. The molecule has 0 aliphatic heterocycles. The summed E-state index contributed by atoms with van der Waals surface area (Å²) in [7, 11) is 0. The fraction of sp³-hybridized carbons (Fsp3) is 0.643. The van der Waals surface area contributed by atoms with Crippen molar-refractivity contribution < 1.29 is 9.21 Å². The second kappa shape index (κ2) is 6.05. The number of carbonyl (C=O) groups excluding carboxylic acids is 1. The molecule has 0 radical (unpaired) electrons. The predicted octanol–water partition coefficient (Wildman–Crippen LogP) is 2.02. The van der Waals surface area contributed by atoms with Gasteiger partial charge in [-0.3, -0.25) is 4.79 Å². The second-order valence-electron chi connectivity index (χ2n) is 5.00. The van der Waals surface area contributed by atoms with Crippen molar-refractivity contribution in [2.45, 2.75) is 39.2 Å². The number of hydrogen-bond donors (Lipinski definition) is 2. The van der Waals surface area contributed by atoms with Crippen molar-refractivity contribution in [2.24, 2.45) is 5.92 Å². The molecule has 2 unspecified atom stereocenters. The molecule has 4 nitrogen and oxygen atoms in total. The van der Waals surface area contributed by atoms with Gasteiger partial charge in [0, 0.05) is 25.4 Å². The van der Waals surface area contributed by atoms with Crippen LogP contribution in [-0.4, -0.2) is 19.0 Å². The van der Waals surface area contributed by atoms with Crippen LogP contribution in [0.5, 0.6) is 0 Å². The van der Waals surface area contributed by atoms with E-state index in [1.54, 1.807) is 0 Å². The summed E-state index contributed by atoms with van der Waals surface area (Å²) >= 11 is 0. The van der Waals surface area contributed by atoms with Crippen LogP contribution in [0, 0.1) is 5.92 Å². The van der Waals surface area contributed by atoms with Gasteiger partial charge in [-0.25, -0.2) is 0 Å². The SMILES string of the molecule is CCNC(=O)CCNCc1ccc(C2CC2C)o1. The summed E-state index contributed by atoms with van der Waals surface area (Å²) in [6.45, 7) is 6.24. The zero-order valence-electron chi connectivity index (χ0n) is 11.2. The minimum atomic E-state index is 0.0944. The lowest BCUT2D eigenvalue weighted by molar-refractivity contribution is -0.120. The highest BCUT2D eigenvalue weighted by Crippen LogP contribution is 2.47. The van der Waals surface area contributed by atoms with Crippen LogP contribution >= 0.6 is 0 Å². The Balaban J connectivity index is 1.64. The first-order chi connectivity index (χ1) is 8.70. The molecule has 1 aromatic heterocycles. The van der Waals surface area contributed by atoms with Crippen LogP contribution in [0.4, 0.5) is 0 Å². The van der Waals surface area contributed by atoms with Crippen molar-refractivity contribution in [3.05, 3.63) is 23.7 Å². The molecule has 4 heteroatoms.